The van der Waals surface area contributed by atoms with Gasteiger partial charge in [0.2, 0.25) is 0 Å². The monoisotopic (exact) mass is 307 g/mol. The number of aromatic nitrogens is 1. The first-order valence-electron chi connectivity index (χ1n) is 6.64. The molecule has 112 valence electrons. The van der Waals surface area contributed by atoms with E-state index >= 15 is 0 Å². The SMILES string of the molecule is CNc1nccc(C(=O)NC(C)c2cc(C)sc2C)c1F. The molecule has 1 atom stereocenters. The summed E-state index contributed by atoms with van der Waals surface area (Å²) in [5.74, 6) is -1.01. The van der Waals surface area contributed by atoms with Crippen LogP contribution in [0.3, 0.4) is 0 Å². The van der Waals surface area contributed by atoms with Crippen molar-refractivity contribution in [1.82, 2.24) is 10.3 Å². The second-order valence-electron chi connectivity index (χ2n) is 4.83. The molecule has 2 aromatic rings. The molecule has 1 unspecified atom stereocenters. The Hall–Kier alpha value is -1.95. The molecule has 0 fully saturated rings. The van der Waals surface area contributed by atoms with Crippen molar-refractivity contribution in [3.8, 4) is 0 Å². The number of amides is 1. The number of nitrogens with zero attached hydrogens (tertiary/aromatic N) is 1. The number of anilines is 1. The van der Waals surface area contributed by atoms with Gasteiger partial charge in [-0.25, -0.2) is 9.37 Å². The highest BCUT2D eigenvalue weighted by Gasteiger charge is 2.19. The second-order valence-corrected chi connectivity index (χ2v) is 6.30. The maximum atomic E-state index is 14.1. The van der Waals surface area contributed by atoms with Crippen LogP contribution in [0.15, 0.2) is 18.3 Å². The van der Waals surface area contributed by atoms with Crippen molar-refractivity contribution < 1.29 is 9.18 Å². The Morgan fingerprint density at radius 3 is 2.71 bits per heavy atom. The van der Waals surface area contributed by atoms with E-state index in [4.69, 9.17) is 0 Å². The van der Waals surface area contributed by atoms with Gasteiger partial charge < -0.3 is 10.6 Å². The lowest BCUT2D eigenvalue weighted by Crippen LogP contribution is -2.27. The predicted molar refractivity (Wildman–Crippen MR) is 83.4 cm³/mol. The van der Waals surface area contributed by atoms with Crippen molar-refractivity contribution in [2.24, 2.45) is 0 Å². The van der Waals surface area contributed by atoms with Crippen molar-refractivity contribution >= 4 is 23.1 Å². The Morgan fingerprint density at radius 1 is 1.43 bits per heavy atom. The van der Waals surface area contributed by atoms with E-state index in [1.54, 1.807) is 18.4 Å². The van der Waals surface area contributed by atoms with Gasteiger partial charge in [-0.1, -0.05) is 0 Å². The Morgan fingerprint density at radius 2 is 2.14 bits per heavy atom. The van der Waals surface area contributed by atoms with Gasteiger partial charge in [0.15, 0.2) is 11.6 Å². The van der Waals surface area contributed by atoms with Crippen molar-refractivity contribution in [3.63, 3.8) is 0 Å². The van der Waals surface area contributed by atoms with Gasteiger partial charge in [-0.2, -0.15) is 0 Å². The molecule has 1 amide bonds. The number of carbonyl (C=O) groups excluding carboxylic acids is 1. The predicted octanol–water partition coefficient (Wildman–Crippen LogP) is 3.43. The van der Waals surface area contributed by atoms with E-state index < -0.39 is 11.7 Å². The molecular formula is C15H18FN3OS. The van der Waals surface area contributed by atoms with Crippen LogP contribution in [0.5, 0.6) is 0 Å². The van der Waals surface area contributed by atoms with Gasteiger partial charge in [0.25, 0.3) is 5.91 Å². The third-order valence-corrected chi connectivity index (χ3v) is 4.25. The highest BCUT2D eigenvalue weighted by Crippen LogP contribution is 2.26. The third-order valence-electron chi connectivity index (χ3n) is 3.26. The zero-order valence-corrected chi connectivity index (χ0v) is 13.3. The van der Waals surface area contributed by atoms with Crippen molar-refractivity contribution in [1.29, 1.82) is 0 Å². The smallest absolute Gasteiger partial charge is 0.254 e. The Balaban J connectivity index is 2.20. The van der Waals surface area contributed by atoms with Gasteiger partial charge >= 0.3 is 0 Å². The number of pyridine rings is 1. The van der Waals surface area contributed by atoms with E-state index in [0.29, 0.717) is 0 Å². The molecule has 0 aromatic carbocycles. The van der Waals surface area contributed by atoms with Crippen LogP contribution < -0.4 is 10.6 Å². The second kappa shape index (κ2) is 6.22. The molecule has 0 bridgehead atoms. The minimum absolute atomic E-state index is 0.00851. The summed E-state index contributed by atoms with van der Waals surface area (Å²) in [6.45, 7) is 5.93. The van der Waals surface area contributed by atoms with Crippen LogP contribution in [0, 0.1) is 19.7 Å². The van der Waals surface area contributed by atoms with Gasteiger partial charge in [0, 0.05) is 23.0 Å². The van der Waals surface area contributed by atoms with Crippen LogP contribution in [-0.4, -0.2) is 17.9 Å². The minimum Gasteiger partial charge on any atom is -0.371 e. The van der Waals surface area contributed by atoms with Crippen LogP contribution >= 0.6 is 11.3 Å². The summed E-state index contributed by atoms with van der Waals surface area (Å²) in [5.41, 5.74) is 1.06. The van der Waals surface area contributed by atoms with E-state index in [9.17, 15) is 9.18 Å². The van der Waals surface area contributed by atoms with Crippen molar-refractivity contribution in [2.45, 2.75) is 26.8 Å². The van der Waals surface area contributed by atoms with Crippen molar-refractivity contribution in [2.75, 3.05) is 12.4 Å². The van der Waals surface area contributed by atoms with Crippen LogP contribution in [0.1, 0.15) is 38.6 Å². The molecule has 21 heavy (non-hydrogen) atoms. The van der Waals surface area contributed by atoms with E-state index in [1.807, 2.05) is 26.8 Å². The fourth-order valence-corrected chi connectivity index (χ4v) is 3.25. The summed E-state index contributed by atoms with van der Waals surface area (Å²) in [7, 11) is 1.56. The molecule has 4 nitrogen and oxygen atoms in total. The van der Waals surface area contributed by atoms with E-state index in [1.165, 1.54) is 17.1 Å². The number of halogens is 1. The molecule has 0 aliphatic carbocycles. The number of nitrogens with one attached hydrogen (secondary N) is 2. The quantitative estimate of drug-likeness (QED) is 0.910. The fourth-order valence-electron chi connectivity index (χ4n) is 2.23. The molecule has 2 N–H and O–H groups in total. The maximum absolute atomic E-state index is 14.1. The van der Waals surface area contributed by atoms with Gasteiger partial charge in [0.05, 0.1) is 11.6 Å². The summed E-state index contributed by atoms with van der Waals surface area (Å²) in [4.78, 5) is 18.4. The van der Waals surface area contributed by atoms with Crippen LogP contribution in [0.25, 0.3) is 0 Å². The first-order chi connectivity index (χ1) is 9.93. The molecular weight excluding hydrogens is 289 g/mol. The zero-order valence-electron chi connectivity index (χ0n) is 12.5. The Labute approximate surface area is 127 Å². The van der Waals surface area contributed by atoms with Gasteiger partial charge in [0.1, 0.15) is 0 Å². The molecule has 0 aliphatic rings. The van der Waals surface area contributed by atoms with Crippen LogP contribution in [0.2, 0.25) is 0 Å². The summed E-state index contributed by atoms with van der Waals surface area (Å²) in [6.07, 6.45) is 1.41. The number of hydrogen-bond donors (Lipinski definition) is 2. The lowest BCUT2D eigenvalue weighted by atomic mass is 10.1. The number of carbonyl (C=O) groups is 1. The normalized spacial score (nSPS) is 12.0. The van der Waals surface area contributed by atoms with E-state index in [-0.39, 0.29) is 17.4 Å². The lowest BCUT2D eigenvalue weighted by molar-refractivity contribution is 0.0936. The average Bonchev–Trinajstić information content (AvgIpc) is 2.78. The average molecular weight is 307 g/mol. The highest BCUT2D eigenvalue weighted by atomic mass is 32.1. The van der Waals surface area contributed by atoms with Crippen LogP contribution in [0.4, 0.5) is 10.2 Å². The Kier molecular flexibility index (Phi) is 4.57. The third kappa shape index (κ3) is 3.21. The number of thiophene rings is 1. The molecule has 0 spiro atoms. The molecule has 2 rings (SSSR count). The van der Waals surface area contributed by atoms with Gasteiger partial charge in [-0.3, -0.25) is 4.79 Å². The highest BCUT2D eigenvalue weighted by molar-refractivity contribution is 7.12. The van der Waals surface area contributed by atoms with Crippen molar-refractivity contribution in [3.05, 3.63) is 45.0 Å². The molecule has 2 heterocycles. The minimum atomic E-state index is -0.636. The molecule has 2 aromatic heterocycles. The van der Waals surface area contributed by atoms with Gasteiger partial charge in [-0.15, -0.1) is 11.3 Å². The molecule has 0 aliphatic heterocycles. The fraction of sp³-hybridized carbons (Fsp3) is 0.333. The number of rotatable bonds is 4. The molecule has 0 saturated carbocycles. The van der Waals surface area contributed by atoms with Gasteiger partial charge in [-0.05, 0) is 38.5 Å². The Bertz CT molecular complexity index is 669. The zero-order chi connectivity index (χ0) is 15.6. The summed E-state index contributed by atoms with van der Waals surface area (Å²) in [5, 5.41) is 5.45. The number of aryl methyl sites for hydroxylation is 2. The van der Waals surface area contributed by atoms with E-state index in [0.717, 1.165) is 10.4 Å². The molecule has 0 radical (unpaired) electrons. The summed E-state index contributed by atoms with van der Waals surface area (Å²) in [6, 6.07) is 3.25. The summed E-state index contributed by atoms with van der Waals surface area (Å²) < 4.78 is 14.1. The van der Waals surface area contributed by atoms with E-state index in [2.05, 4.69) is 15.6 Å². The number of hydrogen-bond acceptors (Lipinski definition) is 4. The summed E-state index contributed by atoms with van der Waals surface area (Å²) >= 11 is 1.68. The standard InChI is InChI=1S/C15H18FN3OS/c1-8-7-12(10(3)21-8)9(2)19-15(20)11-5-6-18-14(17-4)13(11)16/h5-7,9H,1-4H3,(H,17,18)(H,19,20). The van der Waals surface area contributed by atoms with Crippen LogP contribution in [-0.2, 0) is 0 Å². The largest absolute Gasteiger partial charge is 0.371 e. The molecule has 0 saturated heterocycles. The maximum Gasteiger partial charge on any atom is 0.254 e. The molecule has 6 heteroatoms. The lowest BCUT2D eigenvalue weighted by Gasteiger charge is -2.15. The first kappa shape index (κ1) is 15.4. The topological polar surface area (TPSA) is 54.0 Å². The first-order valence-corrected chi connectivity index (χ1v) is 7.45.